The monoisotopic (exact) mass is 228 g/mol. The van der Waals surface area contributed by atoms with Crippen molar-refractivity contribution in [3.05, 3.63) is 47.5 Å². The first-order chi connectivity index (χ1) is 7.38. The van der Waals surface area contributed by atoms with E-state index in [1.54, 1.807) is 6.08 Å². The summed E-state index contributed by atoms with van der Waals surface area (Å²) in [6.45, 7) is 7.28. The molecule has 0 aromatic heterocycles. The van der Waals surface area contributed by atoms with Crippen LogP contribution in [0.5, 0.6) is 0 Å². The number of allylic oxidation sites excluding steroid dienone is 1. The zero-order valence-electron chi connectivity index (χ0n) is 9.43. The van der Waals surface area contributed by atoms with Crippen molar-refractivity contribution in [2.24, 2.45) is 0 Å². The van der Waals surface area contributed by atoms with Crippen LogP contribution >= 0.6 is 0 Å². The van der Waals surface area contributed by atoms with Crippen molar-refractivity contribution in [1.82, 2.24) is 0 Å². The lowest BCUT2D eigenvalue weighted by Crippen LogP contribution is -2.07. The van der Waals surface area contributed by atoms with E-state index in [0.29, 0.717) is 17.5 Å². The maximum Gasteiger partial charge on any atom is 0.416 e. The molecule has 0 bridgehead atoms. The first kappa shape index (κ1) is 12.8. The number of aryl methyl sites for hydroxylation is 1. The maximum absolute atomic E-state index is 12.6. The lowest BCUT2D eigenvalue weighted by atomic mass is 9.95. The Bertz CT molecular complexity index is 377. The van der Waals surface area contributed by atoms with Gasteiger partial charge in [0.1, 0.15) is 0 Å². The van der Waals surface area contributed by atoms with Gasteiger partial charge in [0, 0.05) is 0 Å². The average Bonchev–Trinajstić information content (AvgIpc) is 2.26. The number of halogens is 3. The molecule has 0 nitrogen and oxygen atoms in total. The smallest absolute Gasteiger partial charge is 0.166 e. The van der Waals surface area contributed by atoms with Gasteiger partial charge in [0.2, 0.25) is 0 Å². The van der Waals surface area contributed by atoms with Gasteiger partial charge in [-0.15, -0.1) is 6.58 Å². The molecule has 88 valence electrons. The molecule has 0 saturated heterocycles. The highest BCUT2D eigenvalue weighted by atomic mass is 19.4. The SMILES string of the molecule is C=CC(C)c1cc(CC)cc(C(F)(F)F)c1. The van der Waals surface area contributed by atoms with Gasteiger partial charge < -0.3 is 0 Å². The van der Waals surface area contributed by atoms with Gasteiger partial charge >= 0.3 is 6.18 Å². The lowest BCUT2D eigenvalue weighted by molar-refractivity contribution is -0.137. The topological polar surface area (TPSA) is 0 Å². The molecule has 16 heavy (non-hydrogen) atoms. The van der Waals surface area contributed by atoms with Crippen LogP contribution in [0.3, 0.4) is 0 Å². The van der Waals surface area contributed by atoms with Gasteiger partial charge in [-0.05, 0) is 35.6 Å². The molecule has 0 spiro atoms. The summed E-state index contributed by atoms with van der Waals surface area (Å²) in [6.07, 6.45) is -2.03. The summed E-state index contributed by atoms with van der Waals surface area (Å²) < 4.78 is 37.9. The molecule has 1 aromatic carbocycles. The van der Waals surface area contributed by atoms with Crippen molar-refractivity contribution >= 4 is 0 Å². The first-order valence-corrected chi connectivity index (χ1v) is 5.22. The lowest BCUT2D eigenvalue weighted by Gasteiger charge is -2.13. The van der Waals surface area contributed by atoms with E-state index in [0.717, 1.165) is 0 Å². The van der Waals surface area contributed by atoms with Crippen LogP contribution in [0.15, 0.2) is 30.9 Å². The molecular formula is C13H15F3. The first-order valence-electron chi connectivity index (χ1n) is 5.22. The second-order valence-electron chi connectivity index (χ2n) is 3.84. The Morgan fingerprint density at radius 2 is 1.94 bits per heavy atom. The molecule has 0 aliphatic heterocycles. The standard InChI is InChI=1S/C13H15F3/c1-4-9(3)11-6-10(5-2)7-12(8-11)13(14,15)16/h4,6-9H,1,5H2,2-3H3. The van der Waals surface area contributed by atoms with E-state index in [-0.39, 0.29) is 5.92 Å². The molecule has 0 heterocycles. The van der Waals surface area contributed by atoms with Crippen LogP contribution in [-0.2, 0) is 12.6 Å². The van der Waals surface area contributed by atoms with Gasteiger partial charge in [-0.2, -0.15) is 13.2 Å². The Hall–Kier alpha value is -1.25. The number of hydrogen-bond donors (Lipinski definition) is 0. The third-order valence-electron chi connectivity index (χ3n) is 2.63. The second-order valence-corrected chi connectivity index (χ2v) is 3.84. The third kappa shape index (κ3) is 2.87. The van der Waals surface area contributed by atoms with Gasteiger partial charge in [0.05, 0.1) is 5.56 Å². The van der Waals surface area contributed by atoms with E-state index >= 15 is 0 Å². The molecule has 3 heteroatoms. The van der Waals surface area contributed by atoms with E-state index < -0.39 is 11.7 Å². The zero-order chi connectivity index (χ0) is 12.3. The van der Waals surface area contributed by atoms with E-state index in [2.05, 4.69) is 6.58 Å². The molecule has 0 saturated carbocycles. The predicted octanol–water partition coefficient (Wildman–Crippen LogP) is 4.56. The number of benzene rings is 1. The summed E-state index contributed by atoms with van der Waals surface area (Å²) in [6, 6.07) is 4.21. The Morgan fingerprint density at radius 1 is 1.31 bits per heavy atom. The number of alkyl halides is 3. The molecule has 0 amide bonds. The summed E-state index contributed by atoms with van der Waals surface area (Å²) in [5, 5.41) is 0. The van der Waals surface area contributed by atoms with Gasteiger partial charge in [0.15, 0.2) is 0 Å². The normalized spacial score (nSPS) is 13.6. The highest BCUT2D eigenvalue weighted by molar-refractivity contribution is 5.35. The average molecular weight is 228 g/mol. The van der Waals surface area contributed by atoms with Crippen molar-refractivity contribution in [1.29, 1.82) is 0 Å². The predicted molar refractivity (Wildman–Crippen MR) is 59.4 cm³/mol. The van der Waals surface area contributed by atoms with Crippen LogP contribution in [0.1, 0.15) is 36.5 Å². The van der Waals surface area contributed by atoms with Crippen LogP contribution in [0.2, 0.25) is 0 Å². The van der Waals surface area contributed by atoms with Crippen LogP contribution in [0.4, 0.5) is 13.2 Å². The van der Waals surface area contributed by atoms with Crippen LogP contribution in [0.25, 0.3) is 0 Å². The molecule has 0 aliphatic carbocycles. The Balaban J connectivity index is 3.26. The van der Waals surface area contributed by atoms with Gasteiger partial charge in [0.25, 0.3) is 0 Å². The van der Waals surface area contributed by atoms with Crippen LogP contribution in [0, 0.1) is 0 Å². The fraction of sp³-hybridized carbons (Fsp3) is 0.385. The van der Waals surface area contributed by atoms with E-state index in [4.69, 9.17) is 0 Å². The minimum atomic E-state index is -4.28. The minimum Gasteiger partial charge on any atom is -0.166 e. The molecular weight excluding hydrogens is 213 g/mol. The summed E-state index contributed by atoms with van der Waals surface area (Å²) in [5.41, 5.74) is 0.802. The Morgan fingerprint density at radius 3 is 2.38 bits per heavy atom. The van der Waals surface area contributed by atoms with Crippen LogP contribution in [-0.4, -0.2) is 0 Å². The van der Waals surface area contributed by atoms with E-state index in [1.165, 1.54) is 12.1 Å². The number of rotatable bonds is 3. The molecule has 1 rings (SSSR count). The Labute approximate surface area is 93.8 Å². The maximum atomic E-state index is 12.6. The molecule has 1 aromatic rings. The second kappa shape index (κ2) is 4.73. The summed E-state index contributed by atoms with van der Waals surface area (Å²) >= 11 is 0. The minimum absolute atomic E-state index is 0.0624. The fourth-order valence-electron chi connectivity index (χ4n) is 1.49. The van der Waals surface area contributed by atoms with Crippen molar-refractivity contribution in [2.75, 3.05) is 0 Å². The van der Waals surface area contributed by atoms with Gasteiger partial charge in [-0.3, -0.25) is 0 Å². The summed E-state index contributed by atoms with van der Waals surface area (Å²) in [5.74, 6) is -0.0624. The summed E-state index contributed by atoms with van der Waals surface area (Å²) in [7, 11) is 0. The van der Waals surface area contributed by atoms with Crippen molar-refractivity contribution < 1.29 is 13.2 Å². The quantitative estimate of drug-likeness (QED) is 0.665. The molecule has 0 aliphatic rings. The zero-order valence-corrected chi connectivity index (χ0v) is 9.43. The van der Waals surface area contributed by atoms with Crippen molar-refractivity contribution in [3.8, 4) is 0 Å². The fourth-order valence-corrected chi connectivity index (χ4v) is 1.49. The molecule has 0 fully saturated rings. The third-order valence-corrected chi connectivity index (χ3v) is 2.63. The molecule has 1 atom stereocenters. The van der Waals surface area contributed by atoms with E-state index in [9.17, 15) is 13.2 Å². The molecule has 0 radical (unpaired) electrons. The van der Waals surface area contributed by atoms with Crippen molar-refractivity contribution in [2.45, 2.75) is 32.4 Å². The molecule has 1 unspecified atom stereocenters. The highest BCUT2D eigenvalue weighted by Crippen LogP contribution is 2.32. The highest BCUT2D eigenvalue weighted by Gasteiger charge is 2.31. The van der Waals surface area contributed by atoms with Crippen molar-refractivity contribution in [3.63, 3.8) is 0 Å². The number of hydrogen-bond acceptors (Lipinski definition) is 0. The Kier molecular flexibility index (Phi) is 3.79. The van der Waals surface area contributed by atoms with Gasteiger partial charge in [-0.25, -0.2) is 0 Å². The largest absolute Gasteiger partial charge is 0.416 e. The van der Waals surface area contributed by atoms with Crippen LogP contribution < -0.4 is 0 Å². The summed E-state index contributed by atoms with van der Waals surface area (Å²) in [4.78, 5) is 0. The van der Waals surface area contributed by atoms with Gasteiger partial charge in [-0.1, -0.05) is 26.0 Å². The van der Waals surface area contributed by atoms with E-state index in [1.807, 2.05) is 19.9 Å². The molecule has 0 N–H and O–H groups in total.